The highest BCUT2D eigenvalue weighted by Gasteiger charge is 2.22. The zero-order chi connectivity index (χ0) is 21.1. The Hall–Kier alpha value is -2.76. The Morgan fingerprint density at radius 1 is 0.933 bits per heavy atom. The van der Waals surface area contributed by atoms with Gasteiger partial charge in [-0.2, -0.15) is 0 Å². The number of anilines is 1. The highest BCUT2D eigenvalue weighted by molar-refractivity contribution is 7.22. The Balaban J connectivity index is 1.71. The number of fused-ring (bicyclic) bond motifs is 2. The Kier molecular flexibility index (Phi) is 6.11. The van der Waals surface area contributed by atoms with Crippen LogP contribution in [0.3, 0.4) is 0 Å². The van der Waals surface area contributed by atoms with Crippen LogP contribution < -0.4 is 4.90 Å². The third kappa shape index (κ3) is 4.23. The van der Waals surface area contributed by atoms with Crippen LogP contribution in [0.2, 0.25) is 0 Å². The molecule has 3 aromatic carbocycles. The molecule has 0 aliphatic carbocycles. The monoisotopic (exact) mass is 417 g/mol. The van der Waals surface area contributed by atoms with E-state index in [-0.39, 0.29) is 5.91 Å². The van der Waals surface area contributed by atoms with Crippen LogP contribution in [-0.4, -0.2) is 42.0 Å². The van der Waals surface area contributed by atoms with Gasteiger partial charge in [0.1, 0.15) is 0 Å². The summed E-state index contributed by atoms with van der Waals surface area (Å²) in [5, 5.41) is 2.98. The van der Waals surface area contributed by atoms with Crippen LogP contribution >= 0.6 is 11.3 Å². The fourth-order valence-corrected chi connectivity index (χ4v) is 4.77. The van der Waals surface area contributed by atoms with E-state index < -0.39 is 0 Å². The molecular weight excluding hydrogens is 390 g/mol. The number of amides is 1. The van der Waals surface area contributed by atoms with Crippen LogP contribution in [0.15, 0.2) is 60.7 Å². The molecule has 0 unspecified atom stereocenters. The van der Waals surface area contributed by atoms with Gasteiger partial charge in [0.2, 0.25) is 0 Å². The molecule has 0 saturated carbocycles. The van der Waals surface area contributed by atoms with Crippen molar-refractivity contribution in [2.24, 2.45) is 0 Å². The normalized spacial score (nSPS) is 11.5. The minimum atomic E-state index is 0.00341. The number of nitrogens with zero attached hydrogens (tertiary/aromatic N) is 3. The maximum Gasteiger partial charge on any atom is 0.260 e. The van der Waals surface area contributed by atoms with E-state index >= 15 is 0 Å². The van der Waals surface area contributed by atoms with Gasteiger partial charge >= 0.3 is 0 Å². The molecule has 0 aliphatic rings. The first-order valence-electron chi connectivity index (χ1n) is 10.5. The Morgan fingerprint density at radius 2 is 1.70 bits per heavy atom. The van der Waals surface area contributed by atoms with E-state index in [0.717, 1.165) is 45.8 Å². The standard InChI is InChI=1S/C25H27N3OS/c1-4-27(5-2)14-15-28(25-26-22-13-10-18(3)16-23(22)30-25)24(29)21-12-11-19-8-6-7-9-20(19)17-21/h6-13,16-17H,4-5,14-15H2,1-3H3. The molecule has 154 valence electrons. The predicted octanol–water partition coefficient (Wildman–Crippen LogP) is 5.75. The van der Waals surface area contributed by atoms with Crippen LogP contribution in [0.4, 0.5) is 5.13 Å². The first kappa shape index (κ1) is 20.5. The highest BCUT2D eigenvalue weighted by atomic mass is 32.1. The zero-order valence-electron chi connectivity index (χ0n) is 17.8. The molecule has 0 fully saturated rings. The minimum absolute atomic E-state index is 0.00341. The average Bonchev–Trinajstić information content (AvgIpc) is 3.18. The van der Waals surface area contributed by atoms with E-state index in [1.54, 1.807) is 11.3 Å². The van der Waals surface area contributed by atoms with Gasteiger partial charge in [-0.1, -0.05) is 61.6 Å². The number of hydrogen-bond donors (Lipinski definition) is 0. The third-order valence-electron chi connectivity index (χ3n) is 5.54. The van der Waals surface area contributed by atoms with Gasteiger partial charge in [-0.3, -0.25) is 9.69 Å². The number of carbonyl (C=O) groups excluding carboxylic acids is 1. The lowest BCUT2D eigenvalue weighted by atomic mass is 10.1. The number of likely N-dealkylation sites (N-methyl/N-ethyl adjacent to an activating group) is 1. The molecule has 0 spiro atoms. The number of aromatic nitrogens is 1. The molecule has 5 heteroatoms. The number of aryl methyl sites for hydroxylation is 1. The van der Waals surface area contributed by atoms with Crippen molar-refractivity contribution in [2.45, 2.75) is 20.8 Å². The lowest BCUT2D eigenvalue weighted by molar-refractivity contribution is 0.0984. The van der Waals surface area contributed by atoms with Gasteiger partial charge in [-0.25, -0.2) is 4.98 Å². The molecule has 4 rings (SSSR count). The summed E-state index contributed by atoms with van der Waals surface area (Å²) in [5.41, 5.74) is 2.84. The fourth-order valence-electron chi connectivity index (χ4n) is 3.68. The molecule has 30 heavy (non-hydrogen) atoms. The Labute approximate surface area is 181 Å². The second kappa shape index (κ2) is 8.94. The van der Waals surface area contributed by atoms with Crippen molar-refractivity contribution in [1.82, 2.24) is 9.88 Å². The predicted molar refractivity (Wildman–Crippen MR) is 128 cm³/mol. The third-order valence-corrected chi connectivity index (χ3v) is 6.58. The summed E-state index contributed by atoms with van der Waals surface area (Å²) in [7, 11) is 0. The van der Waals surface area contributed by atoms with Gasteiger partial charge in [-0.15, -0.1) is 0 Å². The van der Waals surface area contributed by atoms with Gasteiger partial charge in [-0.05, 0) is 60.6 Å². The molecule has 0 atom stereocenters. The number of carbonyl (C=O) groups is 1. The smallest absolute Gasteiger partial charge is 0.260 e. The Morgan fingerprint density at radius 3 is 2.47 bits per heavy atom. The van der Waals surface area contributed by atoms with Gasteiger partial charge in [0.05, 0.1) is 10.2 Å². The van der Waals surface area contributed by atoms with Crippen molar-refractivity contribution in [3.05, 3.63) is 71.8 Å². The Bertz CT molecular complexity index is 1180. The summed E-state index contributed by atoms with van der Waals surface area (Å²) in [5.74, 6) is 0.00341. The summed E-state index contributed by atoms with van der Waals surface area (Å²) in [6.07, 6.45) is 0. The van der Waals surface area contributed by atoms with Crippen molar-refractivity contribution in [1.29, 1.82) is 0 Å². The van der Waals surface area contributed by atoms with E-state index in [9.17, 15) is 4.79 Å². The molecular formula is C25H27N3OS. The van der Waals surface area contributed by atoms with Crippen LogP contribution in [0.1, 0.15) is 29.8 Å². The van der Waals surface area contributed by atoms with Gasteiger partial charge in [0.25, 0.3) is 5.91 Å². The summed E-state index contributed by atoms with van der Waals surface area (Å²) in [4.78, 5) is 22.6. The quantitative estimate of drug-likeness (QED) is 0.384. The van der Waals surface area contributed by atoms with Crippen LogP contribution in [0.5, 0.6) is 0 Å². The maximum atomic E-state index is 13.6. The van der Waals surface area contributed by atoms with Crippen LogP contribution in [0.25, 0.3) is 21.0 Å². The van der Waals surface area contributed by atoms with Crippen molar-refractivity contribution >= 4 is 43.4 Å². The SMILES string of the molecule is CCN(CC)CCN(C(=O)c1ccc2ccccc2c1)c1nc2ccc(C)cc2s1. The van der Waals surface area contributed by atoms with Gasteiger partial charge in [0, 0.05) is 18.7 Å². The second-order valence-electron chi connectivity index (χ2n) is 7.51. The molecule has 0 saturated heterocycles. The summed E-state index contributed by atoms with van der Waals surface area (Å²) in [6.45, 7) is 9.75. The molecule has 0 N–H and O–H groups in total. The topological polar surface area (TPSA) is 36.4 Å². The van der Waals surface area contributed by atoms with E-state index in [2.05, 4.69) is 43.9 Å². The van der Waals surface area contributed by atoms with Crippen LogP contribution in [-0.2, 0) is 0 Å². The molecule has 4 nitrogen and oxygen atoms in total. The van der Waals surface area contributed by atoms with E-state index in [1.165, 1.54) is 5.56 Å². The van der Waals surface area contributed by atoms with Gasteiger partial charge in [0.15, 0.2) is 5.13 Å². The first-order valence-corrected chi connectivity index (χ1v) is 11.3. The number of benzene rings is 3. The van der Waals surface area contributed by atoms with E-state index in [0.29, 0.717) is 12.1 Å². The molecule has 4 aromatic rings. The fraction of sp³-hybridized carbons (Fsp3) is 0.280. The van der Waals surface area contributed by atoms with Crippen molar-refractivity contribution in [3.63, 3.8) is 0 Å². The minimum Gasteiger partial charge on any atom is -0.302 e. The van der Waals surface area contributed by atoms with Crippen molar-refractivity contribution < 1.29 is 4.79 Å². The number of thiazole rings is 1. The highest BCUT2D eigenvalue weighted by Crippen LogP contribution is 2.30. The summed E-state index contributed by atoms with van der Waals surface area (Å²) < 4.78 is 1.11. The lowest BCUT2D eigenvalue weighted by Gasteiger charge is -2.24. The molecule has 1 amide bonds. The molecule has 1 heterocycles. The van der Waals surface area contributed by atoms with Crippen molar-refractivity contribution in [3.8, 4) is 0 Å². The summed E-state index contributed by atoms with van der Waals surface area (Å²) >= 11 is 1.59. The first-order chi connectivity index (χ1) is 14.6. The van der Waals surface area contributed by atoms with Gasteiger partial charge < -0.3 is 4.90 Å². The second-order valence-corrected chi connectivity index (χ2v) is 8.52. The molecule has 0 bridgehead atoms. The molecule has 1 aromatic heterocycles. The molecule has 0 radical (unpaired) electrons. The zero-order valence-corrected chi connectivity index (χ0v) is 18.6. The summed E-state index contributed by atoms with van der Waals surface area (Å²) in [6, 6.07) is 20.3. The van der Waals surface area contributed by atoms with Crippen LogP contribution in [0, 0.1) is 6.92 Å². The van der Waals surface area contributed by atoms with Crippen molar-refractivity contribution in [2.75, 3.05) is 31.1 Å². The maximum absolute atomic E-state index is 13.6. The van der Waals surface area contributed by atoms with E-state index in [4.69, 9.17) is 4.98 Å². The number of hydrogen-bond acceptors (Lipinski definition) is 4. The molecule has 0 aliphatic heterocycles. The largest absolute Gasteiger partial charge is 0.302 e. The number of rotatable bonds is 7. The van der Waals surface area contributed by atoms with E-state index in [1.807, 2.05) is 47.4 Å². The lowest BCUT2D eigenvalue weighted by Crippen LogP contribution is -2.38. The average molecular weight is 418 g/mol.